The van der Waals surface area contributed by atoms with Crippen molar-refractivity contribution < 1.29 is 9.90 Å². The molecule has 2 aromatic rings. The van der Waals surface area contributed by atoms with Crippen LogP contribution in [-0.2, 0) is 10.2 Å². The smallest absolute Gasteiger partial charge is 0.328 e. The maximum atomic E-state index is 10.7. The lowest BCUT2D eigenvalue weighted by molar-refractivity contribution is -0.131. The van der Waals surface area contributed by atoms with E-state index in [0.29, 0.717) is 5.57 Å². The van der Waals surface area contributed by atoms with Crippen molar-refractivity contribution in [2.75, 3.05) is 0 Å². The molecule has 0 aliphatic rings. The zero-order valence-corrected chi connectivity index (χ0v) is 18.0. The van der Waals surface area contributed by atoms with Gasteiger partial charge < -0.3 is 5.11 Å². The largest absolute Gasteiger partial charge is 0.478 e. The zero-order valence-electron chi connectivity index (χ0n) is 18.0. The molecule has 0 heterocycles. The lowest BCUT2D eigenvalue weighted by atomic mass is 9.82. The summed E-state index contributed by atoms with van der Waals surface area (Å²) >= 11 is 0. The van der Waals surface area contributed by atoms with Crippen LogP contribution in [-0.4, -0.2) is 11.1 Å². The van der Waals surface area contributed by atoms with Crippen LogP contribution in [0.2, 0.25) is 0 Å². The average Bonchev–Trinajstić information content (AvgIpc) is 2.66. The fraction of sp³-hybridized carbons (Fsp3) is 0.222. The Morgan fingerprint density at radius 2 is 1.59 bits per heavy atom. The second-order valence-electron chi connectivity index (χ2n) is 8.33. The highest BCUT2D eigenvalue weighted by Crippen LogP contribution is 2.31. The third-order valence-corrected chi connectivity index (χ3v) is 4.78. The highest BCUT2D eigenvalue weighted by Gasteiger charge is 2.17. The number of rotatable bonds is 6. The van der Waals surface area contributed by atoms with E-state index in [4.69, 9.17) is 5.11 Å². The average molecular weight is 387 g/mol. The quantitative estimate of drug-likeness (QED) is 0.427. The van der Waals surface area contributed by atoms with E-state index in [1.54, 1.807) is 13.0 Å². The van der Waals surface area contributed by atoms with Gasteiger partial charge in [-0.05, 0) is 64.3 Å². The second-order valence-corrected chi connectivity index (χ2v) is 8.33. The van der Waals surface area contributed by atoms with E-state index < -0.39 is 5.97 Å². The third kappa shape index (κ3) is 6.46. The van der Waals surface area contributed by atoms with Gasteiger partial charge in [-0.3, -0.25) is 0 Å². The first kappa shape index (κ1) is 22.2. The molecular formula is C27H30O2. The molecule has 0 saturated heterocycles. The molecule has 2 aromatic carbocycles. The topological polar surface area (TPSA) is 37.3 Å². The number of hydrogen-bond acceptors (Lipinski definition) is 1. The van der Waals surface area contributed by atoms with Crippen LogP contribution in [0.5, 0.6) is 0 Å². The van der Waals surface area contributed by atoms with Gasteiger partial charge in [0.05, 0.1) is 0 Å². The molecule has 2 nitrogen and oxygen atoms in total. The molecule has 0 spiro atoms. The highest BCUT2D eigenvalue weighted by molar-refractivity contribution is 5.82. The predicted octanol–water partition coefficient (Wildman–Crippen LogP) is 7.04. The van der Waals surface area contributed by atoms with Gasteiger partial charge in [-0.2, -0.15) is 0 Å². The van der Waals surface area contributed by atoms with E-state index in [1.807, 2.05) is 30.4 Å². The molecule has 1 N–H and O–H groups in total. The van der Waals surface area contributed by atoms with E-state index >= 15 is 0 Å². The van der Waals surface area contributed by atoms with Crippen LogP contribution in [0.4, 0.5) is 0 Å². The van der Waals surface area contributed by atoms with Crippen LogP contribution in [0.25, 0.3) is 11.1 Å². The summed E-state index contributed by atoms with van der Waals surface area (Å²) in [5.74, 6) is -0.935. The van der Waals surface area contributed by atoms with Crippen molar-refractivity contribution >= 4 is 17.1 Å². The Balaban J connectivity index is 2.46. The van der Waals surface area contributed by atoms with E-state index in [2.05, 4.69) is 64.6 Å². The van der Waals surface area contributed by atoms with Crippen molar-refractivity contribution in [1.29, 1.82) is 0 Å². The molecule has 150 valence electrons. The number of allylic oxidation sites excluding steroid dienone is 5. The molecule has 0 saturated carbocycles. The Kier molecular flexibility index (Phi) is 7.17. The number of carboxylic acids is 1. The van der Waals surface area contributed by atoms with E-state index in [9.17, 15) is 4.79 Å². The molecule has 29 heavy (non-hydrogen) atoms. The van der Waals surface area contributed by atoms with Gasteiger partial charge in [0.1, 0.15) is 0 Å². The van der Waals surface area contributed by atoms with Gasteiger partial charge in [-0.15, -0.1) is 0 Å². The SMILES string of the molecule is C=C(c1ccccc1)c1cc(/C(C)=C/C=C/C(C)=C/C(=O)O)cc(C(C)(C)C)c1. The fourth-order valence-corrected chi connectivity index (χ4v) is 2.95. The summed E-state index contributed by atoms with van der Waals surface area (Å²) in [6.45, 7) is 14.8. The third-order valence-electron chi connectivity index (χ3n) is 4.78. The van der Waals surface area contributed by atoms with Crippen LogP contribution >= 0.6 is 0 Å². The Labute approximate surface area is 174 Å². The number of carboxylic acid groups (broad SMARTS) is 1. The molecule has 0 amide bonds. The maximum Gasteiger partial charge on any atom is 0.328 e. The minimum Gasteiger partial charge on any atom is -0.478 e. The van der Waals surface area contributed by atoms with E-state index in [0.717, 1.165) is 27.8 Å². The molecule has 2 heteroatoms. The lowest BCUT2D eigenvalue weighted by Gasteiger charge is -2.22. The Hall–Kier alpha value is -3.13. The van der Waals surface area contributed by atoms with E-state index in [1.165, 1.54) is 11.6 Å². The summed E-state index contributed by atoms with van der Waals surface area (Å²) < 4.78 is 0. The van der Waals surface area contributed by atoms with Gasteiger partial charge in [0.25, 0.3) is 0 Å². The maximum absolute atomic E-state index is 10.7. The van der Waals surface area contributed by atoms with Crippen molar-refractivity contribution in [2.24, 2.45) is 0 Å². The first-order valence-electron chi connectivity index (χ1n) is 9.75. The fourth-order valence-electron chi connectivity index (χ4n) is 2.95. The zero-order chi connectivity index (χ0) is 21.6. The molecule has 0 aromatic heterocycles. The van der Waals surface area contributed by atoms with Gasteiger partial charge in [0, 0.05) is 6.08 Å². The first-order chi connectivity index (χ1) is 13.6. The summed E-state index contributed by atoms with van der Waals surface area (Å²) in [7, 11) is 0. The van der Waals surface area contributed by atoms with Crippen molar-refractivity contribution in [1.82, 2.24) is 0 Å². The number of benzene rings is 2. The summed E-state index contributed by atoms with van der Waals surface area (Å²) in [6.07, 6.45) is 6.90. The Morgan fingerprint density at radius 3 is 2.17 bits per heavy atom. The molecule has 0 atom stereocenters. The van der Waals surface area contributed by atoms with Gasteiger partial charge in [-0.1, -0.05) is 88.0 Å². The Morgan fingerprint density at radius 1 is 0.966 bits per heavy atom. The molecular weight excluding hydrogens is 356 g/mol. The van der Waals surface area contributed by atoms with Gasteiger partial charge in [0.15, 0.2) is 0 Å². The van der Waals surface area contributed by atoms with Gasteiger partial charge in [-0.25, -0.2) is 4.79 Å². The van der Waals surface area contributed by atoms with Crippen LogP contribution in [0.15, 0.2) is 85.0 Å². The summed E-state index contributed by atoms with van der Waals surface area (Å²) in [4.78, 5) is 10.7. The predicted molar refractivity (Wildman–Crippen MR) is 124 cm³/mol. The minimum atomic E-state index is -0.935. The Bertz CT molecular complexity index is 981. The minimum absolute atomic E-state index is 0.0126. The number of aliphatic carboxylic acids is 1. The number of hydrogen-bond donors (Lipinski definition) is 1. The van der Waals surface area contributed by atoms with Crippen LogP contribution < -0.4 is 0 Å². The summed E-state index contributed by atoms with van der Waals surface area (Å²) in [5, 5.41) is 8.82. The van der Waals surface area contributed by atoms with Crippen LogP contribution in [0, 0.1) is 0 Å². The normalized spacial score (nSPS) is 13.0. The van der Waals surface area contributed by atoms with E-state index in [-0.39, 0.29) is 5.41 Å². The standard InChI is InChI=1S/C27H30O2/c1-19(15-26(28)29)11-10-12-20(2)23-16-24(18-25(17-23)27(4,5)6)21(3)22-13-8-7-9-14-22/h7-18H,3H2,1-2,4-6H3,(H,28,29)/b11-10+,19-15+,20-12+. The molecule has 0 fully saturated rings. The molecule has 0 unspecified atom stereocenters. The van der Waals surface area contributed by atoms with Crippen LogP contribution in [0.1, 0.15) is 56.9 Å². The first-order valence-corrected chi connectivity index (χ1v) is 9.75. The molecule has 0 aliphatic heterocycles. The second kappa shape index (κ2) is 9.38. The van der Waals surface area contributed by atoms with Crippen molar-refractivity contribution in [3.8, 4) is 0 Å². The summed E-state index contributed by atoms with van der Waals surface area (Å²) in [5.41, 5.74) is 7.42. The lowest BCUT2D eigenvalue weighted by Crippen LogP contribution is -2.12. The highest BCUT2D eigenvalue weighted by atomic mass is 16.4. The van der Waals surface area contributed by atoms with Crippen molar-refractivity contribution in [3.05, 3.63) is 107 Å². The van der Waals surface area contributed by atoms with Crippen molar-refractivity contribution in [3.63, 3.8) is 0 Å². The summed E-state index contributed by atoms with van der Waals surface area (Å²) in [6, 6.07) is 16.8. The molecule has 0 bridgehead atoms. The van der Waals surface area contributed by atoms with Gasteiger partial charge in [0.2, 0.25) is 0 Å². The monoisotopic (exact) mass is 386 g/mol. The molecule has 2 rings (SSSR count). The van der Waals surface area contributed by atoms with Crippen LogP contribution in [0.3, 0.4) is 0 Å². The molecule has 0 radical (unpaired) electrons. The molecule has 0 aliphatic carbocycles. The van der Waals surface area contributed by atoms with Crippen molar-refractivity contribution in [2.45, 2.75) is 40.0 Å². The number of carbonyl (C=O) groups is 1. The van der Waals surface area contributed by atoms with Gasteiger partial charge >= 0.3 is 5.97 Å².